The Morgan fingerprint density at radius 1 is 1.22 bits per heavy atom. The highest BCUT2D eigenvalue weighted by atomic mass is 19.4. The van der Waals surface area contributed by atoms with Gasteiger partial charge in [-0.05, 0) is 65.0 Å². The molecule has 1 aromatic rings. The number of rotatable bonds is 3. The number of aromatic nitrogens is 1. The van der Waals surface area contributed by atoms with Gasteiger partial charge in [-0.15, -0.1) is 13.2 Å². The molecule has 1 aromatic heterocycles. The number of ether oxygens (including phenoxy) is 2. The highest BCUT2D eigenvalue weighted by Crippen LogP contribution is 2.59. The lowest BCUT2D eigenvalue weighted by atomic mass is 9.52. The second-order valence-corrected chi connectivity index (χ2v) is 8.71. The summed E-state index contributed by atoms with van der Waals surface area (Å²) >= 11 is 0. The smallest absolute Gasteiger partial charge is 0.460 e. The van der Waals surface area contributed by atoms with E-state index in [1.165, 1.54) is 18.3 Å². The van der Waals surface area contributed by atoms with Gasteiger partial charge in [0, 0.05) is 17.7 Å². The highest BCUT2D eigenvalue weighted by Gasteiger charge is 2.58. The van der Waals surface area contributed by atoms with E-state index in [0.29, 0.717) is 32.1 Å². The SMILES string of the molecule is CC(C)(C)OC(=O)C12CCC(N)(CC1)C(c1ncccc1OC(F)(F)F)C2. The van der Waals surface area contributed by atoms with E-state index in [2.05, 4.69) is 9.72 Å². The van der Waals surface area contributed by atoms with Crippen LogP contribution >= 0.6 is 0 Å². The maximum absolute atomic E-state index is 12.9. The third-order valence-electron chi connectivity index (χ3n) is 5.61. The molecular formula is C19H25F3N2O3. The van der Waals surface area contributed by atoms with Crippen molar-refractivity contribution >= 4 is 5.97 Å². The number of halogens is 3. The van der Waals surface area contributed by atoms with Crippen molar-refractivity contribution in [3.63, 3.8) is 0 Å². The van der Waals surface area contributed by atoms with Crippen LogP contribution in [0, 0.1) is 5.41 Å². The van der Waals surface area contributed by atoms with Gasteiger partial charge in [0.25, 0.3) is 0 Å². The van der Waals surface area contributed by atoms with Crippen molar-refractivity contribution in [2.75, 3.05) is 0 Å². The molecule has 2 bridgehead atoms. The van der Waals surface area contributed by atoms with Crippen LogP contribution in [0.1, 0.15) is 64.5 Å². The topological polar surface area (TPSA) is 74.4 Å². The molecule has 0 radical (unpaired) electrons. The number of hydrogen-bond acceptors (Lipinski definition) is 5. The molecule has 1 heterocycles. The number of hydrogen-bond donors (Lipinski definition) is 1. The molecule has 1 unspecified atom stereocenters. The molecule has 0 spiro atoms. The van der Waals surface area contributed by atoms with Crippen LogP contribution in [0.2, 0.25) is 0 Å². The molecule has 8 heteroatoms. The minimum atomic E-state index is -4.82. The molecule has 150 valence electrons. The van der Waals surface area contributed by atoms with Gasteiger partial charge in [0.05, 0.1) is 11.1 Å². The molecule has 0 aromatic carbocycles. The summed E-state index contributed by atoms with van der Waals surface area (Å²) in [7, 11) is 0. The molecule has 0 saturated heterocycles. The lowest BCUT2D eigenvalue weighted by molar-refractivity contribution is -0.275. The van der Waals surface area contributed by atoms with Gasteiger partial charge in [0.2, 0.25) is 0 Å². The molecule has 3 aliphatic carbocycles. The minimum absolute atomic E-state index is 0.157. The van der Waals surface area contributed by atoms with Gasteiger partial charge < -0.3 is 15.2 Å². The molecular weight excluding hydrogens is 361 g/mol. The maximum Gasteiger partial charge on any atom is 0.573 e. The van der Waals surface area contributed by atoms with Crippen LogP contribution in [0.15, 0.2) is 18.3 Å². The first-order chi connectivity index (χ1) is 12.3. The van der Waals surface area contributed by atoms with Crippen LogP contribution in [0.25, 0.3) is 0 Å². The number of nitrogens with zero attached hydrogens (tertiary/aromatic N) is 1. The lowest BCUT2D eigenvalue weighted by Gasteiger charge is -2.55. The fourth-order valence-electron chi connectivity index (χ4n) is 4.26. The predicted molar refractivity (Wildman–Crippen MR) is 91.9 cm³/mol. The summed E-state index contributed by atoms with van der Waals surface area (Å²) in [5.74, 6) is -1.17. The van der Waals surface area contributed by atoms with Gasteiger partial charge in [0.1, 0.15) is 5.60 Å². The second-order valence-electron chi connectivity index (χ2n) is 8.71. The number of pyridine rings is 1. The summed E-state index contributed by atoms with van der Waals surface area (Å²) in [5.41, 5.74) is 4.64. The van der Waals surface area contributed by atoms with Crippen LogP contribution in [0.5, 0.6) is 5.75 Å². The molecule has 0 amide bonds. The van der Waals surface area contributed by atoms with Gasteiger partial charge in [-0.2, -0.15) is 0 Å². The Bertz CT molecular complexity index is 720. The zero-order valence-corrected chi connectivity index (χ0v) is 15.7. The van der Waals surface area contributed by atoms with Gasteiger partial charge in [0.15, 0.2) is 5.75 Å². The van der Waals surface area contributed by atoms with E-state index in [4.69, 9.17) is 10.5 Å². The van der Waals surface area contributed by atoms with Crippen molar-refractivity contribution in [3.05, 3.63) is 24.0 Å². The average Bonchev–Trinajstić information content (AvgIpc) is 2.53. The Hall–Kier alpha value is -1.83. The fraction of sp³-hybridized carbons (Fsp3) is 0.684. The average molecular weight is 386 g/mol. The van der Waals surface area contributed by atoms with E-state index < -0.39 is 28.8 Å². The molecule has 27 heavy (non-hydrogen) atoms. The maximum atomic E-state index is 12.9. The van der Waals surface area contributed by atoms with Crippen molar-refractivity contribution in [1.29, 1.82) is 0 Å². The lowest BCUT2D eigenvalue weighted by Crippen LogP contribution is -2.59. The summed E-state index contributed by atoms with van der Waals surface area (Å²) in [6.45, 7) is 5.39. The molecule has 3 fully saturated rings. The van der Waals surface area contributed by atoms with E-state index in [1.807, 2.05) is 0 Å². The van der Waals surface area contributed by atoms with Crippen molar-refractivity contribution in [1.82, 2.24) is 4.98 Å². The Balaban J connectivity index is 1.94. The molecule has 4 rings (SSSR count). The van der Waals surface area contributed by atoms with Gasteiger partial charge >= 0.3 is 12.3 Å². The number of carbonyl (C=O) groups excluding carboxylic acids is 1. The first-order valence-corrected chi connectivity index (χ1v) is 9.07. The normalized spacial score (nSPS) is 30.9. The zero-order chi connectivity index (χ0) is 20.1. The van der Waals surface area contributed by atoms with E-state index in [9.17, 15) is 18.0 Å². The number of carbonyl (C=O) groups is 1. The summed E-state index contributed by atoms with van der Waals surface area (Å²) in [6.07, 6.45) is -0.906. The minimum Gasteiger partial charge on any atom is -0.460 e. The standard InChI is InChI=1S/C19H25F3N2O3/c1-16(2,3)27-15(25)17-6-8-18(23,9-7-17)12(11-17)14-13(5-4-10-24-14)26-19(20,21)22/h4-5,10,12H,6-9,11,23H2,1-3H3. The largest absolute Gasteiger partial charge is 0.573 e. The Morgan fingerprint density at radius 2 is 1.85 bits per heavy atom. The van der Waals surface area contributed by atoms with Gasteiger partial charge in [-0.3, -0.25) is 9.78 Å². The van der Waals surface area contributed by atoms with Crippen LogP contribution < -0.4 is 10.5 Å². The van der Waals surface area contributed by atoms with Crippen LogP contribution in [-0.4, -0.2) is 28.5 Å². The second kappa shape index (κ2) is 6.36. The van der Waals surface area contributed by atoms with Crippen molar-refractivity contribution in [2.45, 2.75) is 76.3 Å². The molecule has 1 atom stereocenters. The van der Waals surface area contributed by atoms with E-state index in [-0.39, 0.29) is 17.4 Å². The third-order valence-corrected chi connectivity index (χ3v) is 5.61. The molecule has 5 nitrogen and oxygen atoms in total. The van der Waals surface area contributed by atoms with E-state index in [1.54, 1.807) is 20.8 Å². The van der Waals surface area contributed by atoms with Crippen molar-refractivity contribution in [3.8, 4) is 5.75 Å². The highest BCUT2D eigenvalue weighted by molar-refractivity contribution is 5.78. The molecule has 3 aliphatic rings. The van der Waals surface area contributed by atoms with Gasteiger partial charge in [-0.1, -0.05) is 0 Å². The Kier molecular flexibility index (Phi) is 4.69. The monoisotopic (exact) mass is 386 g/mol. The summed E-state index contributed by atoms with van der Waals surface area (Å²) in [6, 6.07) is 2.63. The van der Waals surface area contributed by atoms with E-state index in [0.717, 1.165) is 0 Å². The van der Waals surface area contributed by atoms with Crippen LogP contribution in [-0.2, 0) is 9.53 Å². The predicted octanol–water partition coefficient (Wildman–Crippen LogP) is 4.07. The van der Waals surface area contributed by atoms with Crippen LogP contribution in [0.3, 0.4) is 0 Å². The zero-order valence-electron chi connectivity index (χ0n) is 15.7. The number of nitrogens with two attached hydrogens (primary N) is 1. The molecule has 2 N–H and O–H groups in total. The fourth-order valence-corrected chi connectivity index (χ4v) is 4.26. The summed E-state index contributed by atoms with van der Waals surface area (Å²) in [4.78, 5) is 17.1. The van der Waals surface area contributed by atoms with Crippen molar-refractivity contribution in [2.24, 2.45) is 11.1 Å². The summed E-state index contributed by atoms with van der Waals surface area (Å²) in [5, 5.41) is 0. The first-order valence-electron chi connectivity index (χ1n) is 9.07. The third kappa shape index (κ3) is 4.05. The number of fused-ring (bicyclic) bond motifs is 3. The quantitative estimate of drug-likeness (QED) is 0.793. The molecule has 0 aliphatic heterocycles. The Labute approximate surface area is 156 Å². The first kappa shape index (κ1) is 19.9. The number of alkyl halides is 3. The molecule has 3 saturated carbocycles. The summed E-state index contributed by atoms with van der Waals surface area (Å²) < 4.78 is 48.2. The van der Waals surface area contributed by atoms with Gasteiger partial charge in [-0.25, -0.2) is 0 Å². The van der Waals surface area contributed by atoms with Crippen LogP contribution in [0.4, 0.5) is 13.2 Å². The van der Waals surface area contributed by atoms with E-state index >= 15 is 0 Å². The number of esters is 1. The van der Waals surface area contributed by atoms with Crippen molar-refractivity contribution < 1.29 is 27.4 Å². The Morgan fingerprint density at radius 3 is 2.41 bits per heavy atom.